The van der Waals surface area contributed by atoms with Crippen LogP contribution >= 0.6 is 0 Å². The van der Waals surface area contributed by atoms with Crippen LogP contribution < -0.4 is 19.6 Å². The van der Waals surface area contributed by atoms with Gasteiger partial charge in [0.25, 0.3) is 0 Å². The molecule has 12 rings (SSSR count). The van der Waals surface area contributed by atoms with Gasteiger partial charge in [0, 0.05) is 68.5 Å². The second-order valence-electron chi connectivity index (χ2n) is 18.3. The van der Waals surface area contributed by atoms with E-state index in [-0.39, 0.29) is 12.0 Å². The van der Waals surface area contributed by atoms with Crippen molar-refractivity contribution in [2.24, 2.45) is 5.92 Å². The predicted octanol–water partition coefficient (Wildman–Crippen LogP) is 18.5. The minimum absolute atomic E-state index is 0.0664. The molecule has 0 amide bonds. The molecule has 0 spiro atoms. The molecule has 1 aliphatic carbocycles. The van der Waals surface area contributed by atoms with E-state index in [1.165, 1.54) is 38.0 Å². The zero-order chi connectivity index (χ0) is 47.5. The van der Waals surface area contributed by atoms with Crippen molar-refractivity contribution in [3.8, 4) is 0 Å². The van der Waals surface area contributed by atoms with Crippen LogP contribution in [0.25, 0.3) is 32.3 Å². The van der Waals surface area contributed by atoms with Crippen molar-refractivity contribution in [2.45, 2.75) is 13.0 Å². The van der Waals surface area contributed by atoms with E-state index in [4.69, 9.17) is 0 Å². The van der Waals surface area contributed by atoms with Gasteiger partial charge in [0.1, 0.15) is 0 Å². The van der Waals surface area contributed by atoms with E-state index in [2.05, 4.69) is 312 Å². The molecule has 0 fully saturated rings. The lowest BCUT2D eigenvalue weighted by molar-refractivity contribution is 0.604. The summed E-state index contributed by atoms with van der Waals surface area (Å²) < 4.78 is 0. The van der Waals surface area contributed by atoms with Crippen LogP contribution in [0.4, 0.5) is 56.9 Å². The first-order valence-corrected chi connectivity index (χ1v) is 24.5. The molecule has 0 bridgehead atoms. The van der Waals surface area contributed by atoms with Crippen LogP contribution in [0.2, 0.25) is 0 Å². The summed E-state index contributed by atoms with van der Waals surface area (Å²) in [7, 11) is 0. The lowest BCUT2D eigenvalue weighted by Crippen LogP contribution is -2.36. The average Bonchev–Trinajstić information content (AvgIpc) is 3.43. The predicted molar refractivity (Wildman–Crippen MR) is 302 cm³/mol. The second-order valence-corrected chi connectivity index (χ2v) is 18.3. The Kier molecular flexibility index (Phi) is 11.6. The largest absolute Gasteiger partial charge is 0.334 e. The molecule has 0 aliphatic heterocycles. The van der Waals surface area contributed by atoms with Gasteiger partial charge in [-0.3, -0.25) is 0 Å². The summed E-state index contributed by atoms with van der Waals surface area (Å²) in [4.78, 5) is 9.59. The van der Waals surface area contributed by atoms with E-state index in [1.54, 1.807) is 0 Å². The van der Waals surface area contributed by atoms with Gasteiger partial charge in [-0.15, -0.1) is 0 Å². The number of hydrogen-bond acceptors (Lipinski definition) is 4. The van der Waals surface area contributed by atoms with Crippen LogP contribution in [0.1, 0.15) is 6.92 Å². The molecule has 71 heavy (non-hydrogen) atoms. The van der Waals surface area contributed by atoms with E-state index >= 15 is 0 Å². The Bertz CT molecular complexity index is 3510. The maximum Gasteiger partial charge on any atom is 0.0586 e. The smallest absolute Gasteiger partial charge is 0.0586 e. The van der Waals surface area contributed by atoms with E-state index < -0.39 is 0 Å². The number of hydrogen-bond donors (Lipinski definition) is 0. The Morgan fingerprint density at radius 2 is 0.577 bits per heavy atom. The average molecular weight is 913 g/mol. The van der Waals surface area contributed by atoms with Gasteiger partial charge in [0.2, 0.25) is 0 Å². The van der Waals surface area contributed by atoms with Crippen molar-refractivity contribution < 1.29 is 0 Å². The first-order valence-electron chi connectivity index (χ1n) is 24.5. The Morgan fingerprint density at radius 3 is 0.986 bits per heavy atom. The topological polar surface area (TPSA) is 13.0 Å². The minimum atomic E-state index is 0.0664. The number of fused-ring (bicyclic) bond motifs is 3. The number of benzene rings is 11. The van der Waals surface area contributed by atoms with Gasteiger partial charge in [-0.2, -0.15) is 0 Å². The van der Waals surface area contributed by atoms with Crippen molar-refractivity contribution in [3.63, 3.8) is 0 Å². The van der Waals surface area contributed by atoms with Gasteiger partial charge in [-0.1, -0.05) is 165 Å². The molecule has 4 heteroatoms. The van der Waals surface area contributed by atoms with Crippen LogP contribution in [0.5, 0.6) is 0 Å². The van der Waals surface area contributed by atoms with Gasteiger partial charge in [-0.25, -0.2) is 0 Å². The maximum absolute atomic E-state index is 2.49. The summed E-state index contributed by atoms with van der Waals surface area (Å²) in [5.41, 5.74) is 12.2. The molecule has 4 nitrogen and oxygen atoms in total. The summed E-state index contributed by atoms with van der Waals surface area (Å²) in [5, 5.41) is 7.32. The van der Waals surface area contributed by atoms with Gasteiger partial charge in [0.15, 0.2) is 0 Å². The minimum Gasteiger partial charge on any atom is -0.334 e. The molecule has 0 radical (unpaired) electrons. The second kappa shape index (κ2) is 19.1. The molecule has 0 aromatic heterocycles. The molecule has 2 atom stereocenters. The highest BCUT2D eigenvalue weighted by Gasteiger charge is 2.28. The van der Waals surface area contributed by atoms with Crippen molar-refractivity contribution in [2.75, 3.05) is 19.6 Å². The lowest BCUT2D eigenvalue weighted by Gasteiger charge is -2.38. The summed E-state index contributed by atoms with van der Waals surface area (Å²) in [6.45, 7) is 2.35. The van der Waals surface area contributed by atoms with Crippen molar-refractivity contribution in [3.05, 3.63) is 291 Å². The van der Waals surface area contributed by atoms with Crippen LogP contribution in [0.15, 0.2) is 291 Å². The molecule has 0 N–H and O–H groups in total. The van der Waals surface area contributed by atoms with E-state index in [9.17, 15) is 0 Å². The number of anilines is 10. The molecule has 0 heterocycles. The first-order chi connectivity index (χ1) is 35.1. The number of nitrogens with zero attached hydrogens (tertiary/aromatic N) is 4. The number of allylic oxidation sites excluding steroid dienone is 1. The van der Waals surface area contributed by atoms with Gasteiger partial charge < -0.3 is 19.6 Å². The quantitative estimate of drug-likeness (QED) is 0.121. The normalized spacial score (nSPS) is 14.3. The highest BCUT2D eigenvalue weighted by molar-refractivity contribution is 5.92. The molecular formula is C67H52N4. The zero-order valence-electron chi connectivity index (χ0n) is 39.6. The molecule has 1 aliphatic rings. The third kappa shape index (κ3) is 8.69. The van der Waals surface area contributed by atoms with Crippen LogP contribution in [-0.2, 0) is 0 Å². The third-order valence-electron chi connectivity index (χ3n) is 13.8. The molecule has 11 aromatic rings. The fourth-order valence-electron chi connectivity index (χ4n) is 10.3. The summed E-state index contributed by atoms with van der Waals surface area (Å²) in [5.74, 6) is 0.144. The van der Waals surface area contributed by atoms with Crippen LogP contribution in [-0.4, -0.2) is 6.04 Å². The number of para-hydroxylation sites is 3. The van der Waals surface area contributed by atoms with Crippen molar-refractivity contribution >= 4 is 89.2 Å². The first kappa shape index (κ1) is 43.2. The van der Waals surface area contributed by atoms with E-state index in [1.807, 2.05) is 0 Å². The van der Waals surface area contributed by atoms with Gasteiger partial charge in [0.05, 0.1) is 6.04 Å². The Labute approximate surface area is 416 Å². The van der Waals surface area contributed by atoms with Crippen molar-refractivity contribution in [1.82, 2.24) is 0 Å². The molecular weight excluding hydrogens is 861 g/mol. The lowest BCUT2D eigenvalue weighted by atomic mass is 9.92. The Morgan fingerprint density at radius 1 is 0.268 bits per heavy atom. The standard InChI is InChI=1S/C67H52N4/c1-49-45-63(43-44-67(49)71(58-27-9-4-10-28-58)66-34-31-52-19-13-16-22-55(52)48-66)70(61-39-35-59(36-40-61)68(56-23-5-2-6-24-56)64-32-29-50-17-11-14-20-53(50)46-64)62-41-37-60(38-42-62)69(57-25-7-3-8-26-57)65-33-30-51-18-12-15-21-54(51)47-65/h2-49,67H,1H3. The highest BCUT2D eigenvalue weighted by Crippen LogP contribution is 2.43. The summed E-state index contributed by atoms with van der Waals surface area (Å²) >= 11 is 0. The third-order valence-corrected chi connectivity index (χ3v) is 13.8. The fraction of sp³-hybridized carbons (Fsp3) is 0.0448. The molecule has 340 valence electrons. The SMILES string of the molecule is CC1C=C(N(c2ccc(N(c3ccccc3)c3ccc4ccccc4c3)cc2)c2ccc(N(c3ccccc3)c3ccc4ccccc4c3)cc2)C=CC1N(c1ccccc1)c1ccc2ccccc2c1. The molecule has 2 unspecified atom stereocenters. The maximum atomic E-state index is 2.49. The fourth-order valence-corrected chi connectivity index (χ4v) is 10.3. The summed E-state index contributed by atoms with van der Waals surface area (Å²) in [6, 6.07) is 96.3. The zero-order valence-corrected chi connectivity index (χ0v) is 39.6. The molecule has 0 saturated heterocycles. The van der Waals surface area contributed by atoms with Gasteiger partial charge >= 0.3 is 0 Å². The molecule has 0 saturated carbocycles. The molecule has 11 aromatic carbocycles. The van der Waals surface area contributed by atoms with Crippen LogP contribution in [0, 0.1) is 5.92 Å². The monoisotopic (exact) mass is 912 g/mol. The summed E-state index contributed by atoms with van der Waals surface area (Å²) in [6.07, 6.45) is 7.16. The van der Waals surface area contributed by atoms with Crippen molar-refractivity contribution in [1.29, 1.82) is 0 Å². The highest BCUT2D eigenvalue weighted by atomic mass is 15.2. The van der Waals surface area contributed by atoms with E-state index in [0.717, 1.165) is 56.9 Å². The van der Waals surface area contributed by atoms with Crippen LogP contribution in [0.3, 0.4) is 0 Å². The Balaban J connectivity index is 0.950. The van der Waals surface area contributed by atoms with Gasteiger partial charge in [-0.05, 0) is 160 Å². The number of rotatable bonds is 12. The van der Waals surface area contributed by atoms with E-state index in [0.29, 0.717) is 0 Å². The Hall–Kier alpha value is -9.12.